The minimum absolute atomic E-state index is 0.0591. The van der Waals surface area contributed by atoms with Crippen LogP contribution in [0, 0.1) is 0 Å². The van der Waals surface area contributed by atoms with Gasteiger partial charge in [-0.15, -0.1) is 0 Å². The highest BCUT2D eigenvalue weighted by atomic mass is 32.2. The number of carbonyl (C=O) groups excluding carboxylic acids is 1. The summed E-state index contributed by atoms with van der Waals surface area (Å²) in [6.07, 6.45) is 2.92. The molecule has 0 radical (unpaired) electrons. The summed E-state index contributed by atoms with van der Waals surface area (Å²) < 4.78 is 6.78. The van der Waals surface area contributed by atoms with Crippen LogP contribution in [0.15, 0.2) is 34.2 Å². The van der Waals surface area contributed by atoms with Gasteiger partial charge in [0.1, 0.15) is 0 Å². The summed E-state index contributed by atoms with van der Waals surface area (Å²) in [6.45, 7) is 3.85. The fourth-order valence-corrected chi connectivity index (χ4v) is 3.97. The summed E-state index contributed by atoms with van der Waals surface area (Å²) >= 11 is 1.35. The lowest BCUT2D eigenvalue weighted by Gasteiger charge is -2.20. The fraction of sp³-hybridized carbons (Fsp3) is 0.526. The Kier molecular flexibility index (Phi) is 6.32. The second-order valence-electron chi connectivity index (χ2n) is 6.41. The van der Waals surface area contributed by atoms with E-state index in [2.05, 4.69) is 4.98 Å². The van der Waals surface area contributed by atoms with Gasteiger partial charge in [0, 0.05) is 32.8 Å². The van der Waals surface area contributed by atoms with Gasteiger partial charge in [0.2, 0.25) is 5.91 Å². The van der Waals surface area contributed by atoms with Crippen molar-refractivity contribution in [2.45, 2.75) is 43.9 Å². The Balaban J connectivity index is 1.83. The average molecular weight is 375 g/mol. The van der Waals surface area contributed by atoms with Gasteiger partial charge in [-0.1, -0.05) is 23.9 Å². The molecule has 0 bridgehead atoms. The molecular formula is C19H25N3O3S. The van der Waals surface area contributed by atoms with Gasteiger partial charge in [0.25, 0.3) is 5.56 Å². The first-order chi connectivity index (χ1) is 12.7. The van der Waals surface area contributed by atoms with Crippen molar-refractivity contribution in [2.24, 2.45) is 0 Å². The average Bonchev–Trinajstić information content (AvgIpc) is 3.48. The Morgan fingerprint density at radius 2 is 2.15 bits per heavy atom. The molecule has 0 spiro atoms. The first-order valence-electron chi connectivity index (χ1n) is 9.06. The van der Waals surface area contributed by atoms with Crippen molar-refractivity contribution in [1.82, 2.24) is 14.5 Å². The number of hydrogen-bond acceptors (Lipinski definition) is 5. The normalized spacial score (nSPS) is 13.9. The smallest absolute Gasteiger partial charge is 0.262 e. The van der Waals surface area contributed by atoms with Crippen molar-refractivity contribution < 1.29 is 9.53 Å². The lowest BCUT2D eigenvalue weighted by molar-refractivity contribution is -0.128. The molecule has 1 aromatic carbocycles. The summed E-state index contributed by atoms with van der Waals surface area (Å²) in [5, 5.41) is 1.21. The van der Waals surface area contributed by atoms with Crippen LogP contribution in [0.5, 0.6) is 0 Å². The van der Waals surface area contributed by atoms with Gasteiger partial charge in [-0.25, -0.2) is 4.98 Å². The van der Waals surface area contributed by atoms with E-state index in [0.717, 1.165) is 25.8 Å². The summed E-state index contributed by atoms with van der Waals surface area (Å²) in [5.74, 6) is 0.421. The third kappa shape index (κ3) is 4.27. The molecule has 1 saturated carbocycles. The van der Waals surface area contributed by atoms with Crippen LogP contribution >= 0.6 is 11.8 Å². The van der Waals surface area contributed by atoms with E-state index in [9.17, 15) is 9.59 Å². The highest BCUT2D eigenvalue weighted by Crippen LogP contribution is 2.28. The van der Waals surface area contributed by atoms with Crippen molar-refractivity contribution in [3.05, 3.63) is 34.6 Å². The standard InChI is InChI=1S/C19H25N3O3S/c1-3-21(14-9-10-14)17(23)13-26-19-20-16-8-5-4-7-15(16)18(24)22(19)11-6-12-25-2/h4-5,7-8,14H,3,6,9-13H2,1-2H3. The number of hydrogen-bond donors (Lipinski definition) is 0. The molecule has 0 N–H and O–H groups in total. The Morgan fingerprint density at radius 1 is 1.38 bits per heavy atom. The number of nitrogens with zero attached hydrogens (tertiary/aromatic N) is 3. The van der Waals surface area contributed by atoms with E-state index < -0.39 is 0 Å². The first kappa shape index (κ1) is 18.9. The molecule has 1 aromatic heterocycles. The third-order valence-electron chi connectivity index (χ3n) is 4.53. The molecule has 0 unspecified atom stereocenters. The van der Waals surface area contributed by atoms with Crippen molar-refractivity contribution in [3.63, 3.8) is 0 Å². The van der Waals surface area contributed by atoms with Gasteiger partial charge >= 0.3 is 0 Å². The summed E-state index contributed by atoms with van der Waals surface area (Å²) in [7, 11) is 1.65. The lowest BCUT2D eigenvalue weighted by atomic mass is 10.2. The van der Waals surface area contributed by atoms with Crippen LogP contribution in [-0.2, 0) is 16.1 Å². The Bertz CT molecular complexity index is 832. The number of carbonyl (C=O) groups is 1. The SMILES string of the molecule is CCN(C(=O)CSc1nc2ccccc2c(=O)n1CCCOC)C1CC1. The zero-order valence-corrected chi connectivity index (χ0v) is 16.1. The number of methoxy groups -OCH3 is 1. The van der Waals surface area contributed by atoms with E-state index in [4.69, 9.17) is 4.74 Å². The van der Waals surface area contributed by atoms with Crippen LogP contribution in [0.4, 0.5) is 0 Å². The van der Waals surface area contributed by atoms with Gasteiger partial charge in [0.05, 0.1) is 16.7 Å². The Labute approximate surface area is 157 Å². The predicted octanol–water partition coefficient (Wildman–Crippen LogP) is 2.54. The van der Waals surface area contributed by atoms with Gasteiger partial charge < -0.3 is 9.64 Å². The third-order valence-corrected chi connectivity index (χ3v) is 5.49. The molecule has 1 aliphatic rings. The summed E-state index contributed by atoms with van der Waals surface area (Å²) in [4.78, 5) is 32.0. The van der Waals surface area contributed by atoms with Crippen LogP contribution in [-0.4, -0.2) is 52.4 Å². The molecular weight excluding hydrogens is 350 g/mol. The largest absolute Gasteiger partial charge is 0.385 e. The molecule has 3 rings (SSSR count). The maximum Gasteiger partial charge on any atom is 0.262 e. The summed E-state index contributed by atoms with van der Waals surface area (Å²) in [5.41, 5.74) is 0.612. The van der Waals surface area contributed by atoms with E-state index in [-0.39, 0.29) is 11.5 Å². The molecule has 2 aromatic rings. The fourth-order valence-electron chi connectivity index (χ4n) is 3.06. The number of rotatable bonds is 9. The van der Waals surface area contributed by atoms with Gasteiger partial charge in [-0.2, -0.15) is 0 Å². The van der Waals surface area contributed by atoms with E-state index in [0.29, 0.717) is 41.0 Å². The molecule has 0 aliphatic heterocycles. The van der Waals surface area contributed by atoms with E-state index >= 15 is 0 Å². The molecule has 0 saturated heterocycles. The van der Waals surface area contributed by atoms with Gasteiger partial charge in [-0.3, -0.25) is 14.2 Å². The molecule has 26 heavy (non-hydrogen) atoms. The number of amides is 1. The second kappa shape index (κ2) is 8.68. The van der Waals surface area contributed by atoms with Crippen molar-refractivity contribution in [3.8, 4) is 0 Å². The molecule has 1 fully saturated rings. The molecule has 7 heteroatoms. The summed E-state index contributed by atoms with van der Waals surface area (Å²) in [6, 6.07) is 7.75. The first-order valence-corrected chi connectivity index (χ1v) is 10.0. The van der Waals surface area contributed by atoms with E-state index in [1.807, 2.05) is 30.0 Å². The second-order valence-corrected chi connectivity index (χ2v) is 7.36. The van der Waals surface area contributed by atoms with Gasteiger partial charge in [-0.05, 0) is 38.3 Å². The zero-order valence-electron chi connectivity index (χ0n) is 15.3. The van der Waals surface area contributed by atoms with Crippen LogP contribution in [0.25, 0.3) is 10.9 Å². The Morgan fingerprint density at radius 3 is 2.85 bits per heavy atom. The molecule has 1 aliphatic carbocycles. The quantitative estimate of drug-likeness (QED) is 0.383. The van der Waals surface area contributed by atoms with Gasteiger partial charge in [0.15, 0.2) is 5.16 Å². The Hall–Kier alpha value is -1.86. The number of aromatic nitrogens is 2. The maximum atomic E-state index is 12.9. The number of thioether (sulfide) groups is 1. The van der Waals surface area contributed by atoms with Crippen LogP contribution in [0.2, 0.25) is 0 Å². The maximum absolute atomic E-state index is 12.9. The monoisotopic (exact) mass is 375 g/mol. The van der Waals surface area contributed by atoms with Crippen LogP contribution in [0.3, 0.4) is 0 Å². The number of benzene rings is 1. The van der Waals surface area contributed by atoms with Crippen molar-refractivity contribution >= 4 is 28.6 Å². The molecule has 6 nitrogen and oxygen atoms in total. The highest BCUT2D eigenvalue weighted by molar-refractivity contribution is 7.99. The molecule has 1 amide bonds. The minimum Gasteiger partial charge on any atom is -0.385 e. The predicted molar refractivity (Wildman–Crippen MR) is 104 cm³/mol. The lowest BCUT2D eigenvalue weighted by Crippen LogP contribution is -2.34. The highest BCUT2D eigenvalue weighted by Gasteiger charge is 2.31. The minimum atomic E-state index is -0.0591. The molecule has 0 atom stereocenters. The van der Waals surface area contributed by atoms with E-state index in [1.165, 1.54) is 11.8 Å². The van der Waals surface area contributed by atoms with Crippen LogP contribution < -0.4 is 5.56 Å². The van der Waals surface area contributed by atoms with Crippen LogP contribution in [0.1, 0.15) is 26.2 Å². The van der Waals surface area contributed by atoms with Crippen molar-refractivity contribution in [2.75, 3.05) is 26.0 Å². The molecule has 140 valence electrons. The number of para-hydroxylation sites is 1. The van der Waals surface area contributed by atoms with E-state index in [1.54, 1.807) is 17.7 Å². The number of ether oxygens (including phenoxy) is 1. The zero-order chi connectivity index (χ0) is 18.5. The van der Waals surface area contributed by atoms with Crippen molar-refractivity contribution in [1.29, 1.82) is 0 Å². The topological polar surface area (TPSA) is 64.4 Å². The molecule has 1 heterocycles. The number of fused-ring (bicyclic) bond motifs is 1.